The van der Waals surface area contributed by atoms with E-state index < -0.39 is 35.6 Å². The van der Waals surface area contributed by atoms with Gasteiger partial charge in [0.2, 0.25) is 13.6 Å². The van der Waals surface area contributed by atoms with Gasteiger partial charge in [-0.1, -0.05) is 0 Å². The number of methoxy groups -OCH3 is 2. The summed E-state index contributed by atoms with van der Waals surface area (Å²) >= 11 is 0. The monoisotopic (exact) mass is 444 g/mol. The largest absolute Gasteiger partial charge is 0.496 e. The smallest absolute Gasteiger partial charge is 0.307 e. The fraction of sp³-hybridized carbons (Fsp3) is 0.364. The van der Waals surface area contributed by atoms with E-state index in [1.165, 1.54) is 14.2 Å². The molecule has 0 atom stereocenters. The second-order valence-electron chi connectivity index (χ2n) is 7.67. The number of ether oxygens (including phenoxy) is 6. The van der Waals surface area contributed by atoms with Gasteiger partial charge in [0.25, 0.3) is 0 Å². The van der Waals surface area contributed by atoms with Crippen LogP contribution in [0, 0.1) is 11.8 Å². The number of hydrogen-bond acceptors (Lipinski definition) is 8. The Hall–Kier alpha value is -3.82. The summed E-state index contributed by atoms with van der Waals surface area (Å²) < 4.78 is 32.5. The van der Waals surface area contributed by atoms with Crippen molar-refractivity contribution < 1.29 is 48.2 Å². The zero-order chi connectivity index (χ0) is 22.6. The van der Waals surface area contributed by atoms with Crippen LogP contribution in [0.1, 0.15) is 23.0 Å². The van der Waals surface area contributed by atoms with E-state index in [4.69, 9.17) is 28.4 Å². The summed E-state index contributed by atoms with van der Waals surface area (Å²) in [5.41, 5.74) is 0.875. The molecule has 0 bridgehead atoms. The first-order valence-electron chi connectivity index (χ1n) is 9.85. The minimum atomic E-state index is -1.13. The molecule has 5 rings (SSSR count). The minimum Gasteiger partial charge on any atom is -0.496 e. The van der Waals surface area contributed by atoms with Gasteiger partial charge >= 0.3 is 11.9 Å². The second-order valence-corrected chi connectivity index (χ2v) is 7.67. The van der Waals surface area contributed by atoms with Crippen LogP contribution in [0.4, 0.5) is 0 Å². The Morgan fingerprint density at radius 3 is 1.38 bits per heavy atom. The molecule has 0 amide bonds. The molecule has 10 nitrogen and oxygen atoms in total. The topological polar surface area (TPSA) is 130 Å². The highest BCUT2D eigenvalue weighted by atomic mass is 16.7. The van der Waals surface area contributed by atoms with Crippen molar-refractivity contribution in [3.63, 3.8) is 0 Å². The van der Waals surface area contributed by atoms with Crippen molar-refractivity contribution in [2.45, 2.75) is 11.8 Å². The average molecular weight is 444 g/mol. The van der Waals surface area contributed by atoms with Gasteiger partial charge in [0.05, 0.1) is 26.1 Å². The van der Waals surface area contributed by atoms with Crippen LogP contribution in [0.25, 0.3) is 0 Å². The normalized spacial score (nSPS) is 24.6. The van der Waals surface area contributed by atoms with E-state index in [2.05, 4.69) is 0 Å². The van der Waals surface area contributed by atoms with Gasteiger partial charge in [-0.25, -0.2) is 0 Å². The maximum atomic E-state index is 12.4. The van der Waals surface area contributed by atoms with Crippen LogP contribution in [0.5, 0.6) is 34.5 Å². The first-order chi connectivity index (χ1) is 15.4. The van der Waals surface area contributed by atoms with Gasteiger partial charge in [-0.05, 0) is 12.1 Å². The summed E-state index contributed by atoms with van der Waals surface area (Å²) in [5, 5.41) is 20.2. The molecule has 0 saturated heterocycles. The molecule has 1 saturated carbocycles. The van der Waals surface area contributed by atoms with E-state index in [-0.39, 0.29) is 13.6 Å². The zero-order valence-electron chi connectivity index (χ0n) is 17.2. The lowest BCUT2D eigenvalue weighted by Crippen LogP contribution is -2.51. The number of rotatable bonds is 6. The molecule has 2 aromatic rings. The van der Waals surface area contributed by atoms with Crippen molar-refractivity contribution >= 4 is 11.9 Å². The molecular formula is C22H20O10. The molecule has 10 heteroatoms. The van der Waals surface area contributed by atoms with E-state index in [0.717, 1.165) is 0 Å². The third kappa shape index (κ3) is 2.86. The first kappa shape index (κ1) is 20.1. The molecule has 1 aliphatic carbocycles. The van der Waals surface area contributed by atoms with Gasteiger partial charge in [-0.2, -0.15) is 0 Å². The third-order valence-electron chi connectivity index (χ3n) is 6.29. The Morgan fingerprint density at radius 1 is 0.719 bits per heavy atom. The Labute approximate surface area is 182 Å². The van der Waals surface area contributed by atoms with Gasteiger partial charge in [0.1, 0.15) is 11.5 Å². The van der Waals surface area contributed by atoms with Crippen molar-refractivity contribution in [1.82, 2.24) is 0 Å². The van der Waals surface area contributed by atoms with Crippen molar-refractivity contribution in [2.75, 3.05) is 27.8 Å². The maximum Gasteiger partial charge on any atom is 0.307 e. The van der Waals surface area contributed by atoms with Crippen molar-refractivity contribution in [3.05, 3.63) is 35.4 Å². The molecule has 0 spiro atoms. The summed E-state index contributed by atoms with van der Waals surface area (Å²) in [5.74, 6) is -3.68. The highest BCUT2D eigenvalue weighted by molar-refractivity contribution is 5.84. The maximum absolute atomic E-state index is 12.4. The summed E-state index contributed by atoms with van der Waals surface area (Å²) in [6, 6.07) is 6.38. The van der Waals surface area contributed by atoms with Crippen molar-refractivity contribution in [1.29, 1.82) is 0 Å². The van der Waals surface area contributed by atoms with Crippen LogP contribution in [-0.4, -0.2) is 50.0 Å². The summed E-state index contributed by atoms with van der Waals surface area (Å²) in [7, 11) is 2.87. The zero-order valence-corrected chi connectivity index (χ0v) is 17.2. The molecular weight excluding hydrogens is 424 g/mol. The highest BCUT2D eigenvalue weighted by Crippen LogP contribution is 2.62. The number of aliphatic carboxylic acids is 2. The Kier molecular flexibility index (Phi) is 4.65. The molecule has 0 radical (unpaired) electrons. The molecule has 2 heterocycles. The molecule has 0 aromatic heterocycles. The number of carbonyl (C=O) groups is 2. The van der Waals surface area contributed by atoms with E-state index in [1.807, 2.05) is 0 Å². The summed E-state index contributed by atoms with van der Waals surface area (Å²) in [6.07, 6.45) is 0. The average Bonchev–Trinajstić information content (AvgIpc) is 3.39. The van der Waals surface area contributed by atoms with Gasteiger partial charge in [-0.3, -0.25) is 9.59 Å². The number of hydrogen-bond donors (Lipinski definition) is 2. The summed E-state index contributed by atoms with van der Waals surface area (Å²) in [6.45, 7) is 0.0443. The Bertz CT molecular complexity index is 1010. The predicted molar refractivity (Wildman–Crippen MR) is 106 cm³/mol. The minimum absolute atomic E-state index is 0.0222. The lowest BCUT2D eigenvalue weighted by molar-refractivity contribution is -0.160. The molecule has 1 fully saturated rings. The summed E-state index contributed by atoms with van der Waals surface area (Å²) in [4.78, 5) is 24.8. The van der Waals surface area contributed by atoms with E-state index in [1.54, 1.807) is 24.3 Å². The molecule has 32 heavy (non-hydrogen) atoms. The quantitative estimate of drug-likeness (QED) is 0.685. The SMILES string of the molecule is COc1cc2c(cc1C1C(C(=O)O)C(c3cc4c(cc3OC)OCO4)C1C(=O)O)OCO2. The van der Waals surface area contributed by atoms with Crippen LogP contribution in [-0.2, 0) is 9.59 Å². The lowest BCUT2D eigenvalue weighted by Gasteiger charge is -2.48. The molecule has 3 aliphatic rings. The highest BCUT2D eigenvalue weighted by Gasteiger charge is 2.60. The number of fused-ring (bicyclic) bond motifs is 2. The number of carboxylic acids is 2. The fourth-order valence-corrected chi connectivity index (χ4v) is 4.89. The fourth-order valence-electron chi connectivity index (χ4n) is 4.89. The Balaban J connectivity index is 1.63. The standard InChI is InChI=1S/C22H20O10/c1-27-11-5-15-13(29-7-31-15)3-9(11)17-19(21(23)24)18(20(17)22(25)26)10-4-14-16(32-8-30-14)6-12(10)28-2/h3-6,17-20H,7-8H2,1-2H3,(H,23,24)(H,25,26). The van der Waals surface area contributed by atoms with Crippen LogP contribution < -0.4 is 28.4 Å². The van der Waals surface area contributed by atoms with Crippen LogP contribution in [0.15, 0.2) is 24.3 Å². The molecule has 168 valence electrons. The van der Waals surface area contributed by atoms with Gasteiger partial charge < -0.3 is 38.6 Å². The van der Waals surface area contributed by atoms with Crippen molar-refractivity contribution in [2.24, 2.45) is 11.8 Å². The van der Waals surface area contributed by atoms with E-state index in [0.29, 0.717) is 45.6 Å². The van der Waals surface area contributed by atoms with Crippen LogP contribution >= 0.6 is 0 Å². The predicted octanol–water partition coefficient (Wildman–Crippen LogP) is 2.44. The lowest BCUT2D eigenvalue weighted by atomic mass is 9.52. The van der Waals surface area contributed by atoms with Gasteiger partial charge in [0.15, 0.2) is 23.0 Å². The Morgan fingerprint density at radius 2 is 1.06 bits per heavy atom. The van der Waals surface area contributed by atoms with E-state index >= 15 is 0 Å². The number of benzene rings is 2. The molecule has 2 N–H and O–H groups in total. The van der Waals surface area contributed by atoms with Crippen molar-refractivity contribution in [3.8, 4) is 34.5 Å². The van der Waals surface area contributed by atoms with Crippen LogP contribution in [0.3, 0.4) is 0 Å². The molecule has 0 unspecified atom stereocenters. The molecule has 2 aromatic carbocycles. The first-order valence-corrected chi connectivity index (χ1v) is 9.85. The second kappa shape index (κ2) is 7.40. The van der Waals surface area contributed by atoms with Gasteiger partial charge in [0, 0.05) is 35.1 Å². The third-order valence-corrected chi connectivity index (χ3v) is 6.29. The van der Waals surface area contributed by atoms with Crippen LogP contribution in [0.2, 0.25) is 0 Å². The number of carboxylic acid groups (broad SMARTS) is 2. The van der Waals surface area contributed by atoms with Gasteiger partial charge in [-0.15, -0.1) is 0 Å². The van der Waals surface area contributed by atoms with E-state index in [9.17, 15) is 19.8 Å². The molecule has 2 aliphatic heterocycles.